The standard InChI is InChI=1S/C16H26N2O2/c1-13(2)12-20-10-6-9-17-16(19)14-7-5-8-15(11-14)18(3)4/h5,7-8,11,13H,6,9-10,12H2,1-4H3,(H,17,19). The molecule has 0 atom stereocenters. The van der Waals surface area contributed by atoms with Gasteiger partial charge in [-0.1, -0.05) is 19.9 Å². The molecule has 0 saturated carbocycles. The monoisotopic (exact) mass is 278 g/mol. The van der Waals surface area contributed by atoms with Crippen molar-refractivity contribution in [1.82, 2.24) is 5.32 Å². The average Bonchev–Trinajstić information content (AvgIpc) is 2.42. The molecule has 4 heteroatoms. The van der Waals surface area contributed by atoms with Crippen molar-refractivity contribution in [3.8, 4) is 0 Å². The zero-order chi connectivity index (χ0) is 15.0. The largest absolute Gasteiger partial charge is 0.381 e. The van der Waals surface area contributed by atoms with Gasteiger partial charge in [-0.3, -0.25) is 4.79 Å². The maximum atomic E-state index is 12.0. The predicted octanol–water partition coefficient (Wildman–Crippen LogP) is 2.55. The Kier molecular flexibility index (Phi) is 7.09. The molecule has 0 unspecified atom stereocenters. The number of nitrogens with zero attached hydrogens (tertiary/aromatic N) is 1. The van der Waals surface area contributed by atoms with Gasteiger partial charge in [-0.25, -0.2) is 0 Å². The van der Waals surface area contributed by atoms with E-state index in [2.05, 4.69) is 19.2 Å². The molecule has 0 aliphatic heterocycles. The van der Waals surface area contributed by atoms with E-state index in [-0.39, 0.29) is 5.91 Å². The van der Waals surface area contributed by atoms with Gasteiger partial charge in [0.05, 0.1) is 0 Å². The van der Waals surface area contributed by atoms with E-state index in [1.54, 1.807) is 0 Å². The van der Waals surface area contributed by atoms with Crippen LogP contribution in [0.1, 0.15) is 30.6 Å². The van der Waals surface area contributed by atoms with Crippen LogP contribution in [0.3, 0.4) is 0 Å². The lowest BCUT2D eigenvalue weighted by Gasteiger charge is -2.13. The van der Waals surface area contributed by atoms with Gasteiger partial charge in [0.2, 0.25) is 0 Å². The first-order valence-corrected chi connectivity index (χ1v) is 7.14. The fourth-order valence-electron chi connectivity index (χ4n) is 1.72. The highest BCUT2D eigenvalue weighted by Crippen LogP contribution is 2.13. The summed E-state index contributed by atoms with van der Waals surface area (Å²) >= 11 is 0. The van der Waals surface area contributed by atoms with E-state index in [4.69, 9.17) is 4.74 Å². The van der Waals surface area contributed by atoms with Crippen LogP contribution in [0.25, 0.3) is 0 Å². The van der Waals surface area contributed by atoms with Crippen molar-refractivity contribution in [3.05, 3.63) is 29.8 Å². The van der Waals surface area contributed by atoms with E-state index in [9.17, 15) is 4.79 Å². The normalized spacial score (nSPS) is 10.7. The molecule has 1 aromatic rings. The molecule has 0 aliphatic rings. The van der Waals surface area contributed by atoms with Crippen molar-refractivity contribution in [1.29, 1.82) is 0 Å². The van der Waals surface area contributed by atoms with Crippen LogP contribution in [0.4, 0.5) is 5.69 Å². The van der Waals surface area contributed by atoms with Crippen molar-refractivity contribution in [2.24, 2.45) is 5.92 Å². The first kappa shape index (κ1) is 16.5. The Balaban J connectivity index is 2.30. The van der Waals surface area contributed by atoms with E-state index in [0.717, 1.165) is 18.7 Å². The number of carbonyl (C=O) groups is 1. The van der Waals surface area contributed by atoms with Crippen LogP contribution in [0.5, 0.6) is 0 Å². The van der Waals surface area contributed by atoms with Gasteiger partial charge in [0.25, 0.3) is 5.91 Å². The minimum absolute atomic E-state index is 0.0300. The van der Waals surface area contributed by atoms with Crippen LogP contribution in [0.15, 0.2) is 24.3 Å². The van der Waals surface area contributed by atoms with Crippen LogP contribution in [0, 0.1) is 5.92 Å². The van der Waals surface area contributed by atoms with Gasteiger partial charge >= 0.3 is 0 Å². The van der Waals surface area contributed by atoms with Gasteiger partial charge in [0.15, 0.2) is 0 Å². The molecule has 1 N–H and O–H groups in total. The van der Waals surface area contributed by atoms with Crippen LogP contribution < -0.4 is 10.2 Å². The van der Waals surface area contributed by atoms with E-state index in [1.807, 2.05) is 43.3 Å². The topological polar surface area (TPSA) is 41.6 Å². The molecule has 0 heterocycles. The first-order valence-electron chi connectivity index (χ1n) is 7.14. The number of carbonyl (C=O) groups excluding carboxylic acids is 1. The molecule has 1 rings (SSSR count). The maximum absolute atomic E-state index is 12.0. The summed E-state index contributed by atoms with van der Waals surface area (Å²) in [6, 6.07) is 7.61. The average molecular weight is 278 g/mol. The highest BCUT2D eigenvalue weighted by atomic mass is 16.5. The zero-order valence-electron chi connectivity index (χ0n) is 13.0. The minimum Gasteiger partial charge on any atom is -0.381 e. The van der Waals surface area contributed by atoms with Crippen LogP contribution >= 0.6 is 0 Å². The van der Waals surface area contributed by atoms with Gasteiger partial charge in [0, 0.05) is 45.1 Å². The number of benzene rings is 1. The second kappa shape index (κ2) is 8.59. The quantitative estimate of drug-likeness (QED) is 0.743. The van der Waals surface area contributed by atoms with E-state index in [0.29, 0.717) is 24.6 Å². The van der Waals surface area contributed by atoms with Crippen molar-refractivity contribution < 1.29 is 9.53 Å². The van der Waals surface area contributed by atoms with E-state index in [1.165, 1.54) is 0 Å². The molecule has 0 saturated heterocycles. The van der Waals surface area contributed by atoms with Crippen molar-refractivity contribution in [2.75, 3.05) is 38.8 Å². The third-order valence-corrected chi connectivity index (χ3v) is 2.83. The van der Waals surface area contributed by atoms with Crippen molar-refractivity contribution in [2.45, 2.75) is 20.3 Å². The molecule has 0 aliphatic carbocycles. The number of nitrogens with one attached hydrogen (secondary N) is 1. The fourth-order valence-corrected chi connectivity index (χ4v) is 1.72. The maximum Gasteiger partial charge on any atom is 0.251 e. The van der Waals surface area contributed by atoms with Gasteiger partial charge in [-0.15, -0.1) is 0 Å². The molecular formula is C16H26N2O2. The smallest absolute Gasteiger partial charge is 0.251 e. The summed E-state index contributed by atoms with van der Waals surface area (Å²) in [7, 11) is 3.92. The minimum atomic E-state index is -0.0300. The SMILES string of the molecule is CC(C)COCCCNC(=O)c1cccc(N(C)C)c1. The molecule has 0 radical (unpaired) electrons. The van der Waals surface area contributed by atoms with Crippen LogP contribution in [0.2, 0.25) is 0 Å². The van der Waals surface area contributed by atoms with E-state index >= 15 is 0 Å². The summed E-state index contributed by atoms with van der Waals surface area (Å²) in [6.45, 7) is 6.36. The van der Waals surface area contributed by atoms with Crippen molar-refractivity contribution in [3.63, 3.8) is 0 Å². The first-order chi connectivity index (χ1) is 9.50. The number of amides is 1. The molecule has 0 fully saturated rings. The fraction of sp³-hybridized carbons (Fsp3) is 0.562. The molecule has 1 amide bonds. The highest BCUT2D eigenvalue weighted by Gasteiger charge is 2.06. The Bertz CT molecular complexity index is 417. The lowest BCUT2D eigenvalue weighted by Crippen LogP contribution is -2.25. The zero-order valence-corrected chi connectivity index (χ0v) is 13.0. The van der Waals surface area contributed by atoms with E-state index < -0.39 is 0 Å². The predicted molar refractivity (Wildman–Crippen MR) is 83.4 cm³/mol. The molecule has 1 aromatic carbocycles. The number of rotatable bonds is 8. The second-order valence-electron chi connectivity index (χ2n) is 5.52. The third-order valence-electron chi connectivity index (χ3n) is 2.83. The molecule has 4 nitrogen and oxygen atoms in total. The lowest BCUT2D eigenvalue weighted by molar-refractivity contribution is 0.0925. The lowest BCUT2D eigenvalue weighted by atomic mass is 10.2. The molecule has 0 aromatic heterocycles. The molecule has 0 spiro atoms. The Morgan fingerprint density at radius 3 is 2.75 bits per heavy atom. The van der Waals surface area contributed by atoms with Gasteiger partial charge < -0.3 is 15.0 Å². The number of hydrogen-bond donors (Lipinski definition) is 1. The molecule has 112 valence electrons. The van der Waals surface area contributed by atoms with Gasteiger partial charge in [0.1, 0.15) is 0 Å². The molecular weight excluding hydrogens is 252 g/mol. The van der Waals surface area contributed by atoms with Crippen LogP contribution in [-0.2, 0) is 4.74 Å². The summed E-state index contributed by atoms with van der Waals surface area (Å²) in [6.07, 6.45) is 0.839. The second-order valence-corrected chi connectivity index (χ2v) is 5.52. The summed E-state index contributed by atoms with van der Waals surface area (Å²) in [5.41, 5.74) is 1.72. The number of hydrogen-bond acceptors (Lipinski definition) is 3. The highest BCUT2D eigenvalue weighted by molar-refractivity contribution is 5.95. The number of ether oxygens (including phenoxy) is 1. The van der Waals surface area contributed by atoms with Gasteiger partial charge in [-0.05, 0) is 30.5 Å². The van der Waals surface area contributed by atoms with Crippen molar-refractivity contribution >= 4 is 11.6 Å². The Morgan fingerprint density at radius 2 is 2.10 bits per heavy atom. The molecule has 0 bridgehead atoms. The van der Waals surface area contributed by atoms with Crippen LogP contribution in [-0.4, -0.2) is 39.8 Å². The Morgan fingerprint density at radius 1 is 1.35 bits per heavy atom. The summed E-state index contributed by atoms with van der Waals surface area (Å²) < 4.78 is 5.48. The van der Waals surface area contributed by atoms with Gasteiger partial charge in [-0.2, -0.15) is 0 Å². The third kappa shape index (κ3) is 6.06. The summed E-state index contributed by atoms with van der Waals surface area (Å²) in [5.74, 6) is 0.524. The number of anilines is 1. The Labute approximate surface area is 122 Å². The molecule has 20 heavy (non-hydrogen) atoms. The Hall–Kier alpha value is -1.55. The summed E-state index contributed by atoms with van der Waals surface area (Å²) in [5, 5.41) is 2.92. The summed E-state index contributed by atoms with van der Waals surface area (Å²) in [4.78, 5) is 14.0.